The van der Waals surface area contributed by atoms with Gasteiger partial charge in [-0.15, -0.1) is 0 Å². The highest BCUT2D eigenvalue weighted by atomic mass is 79.9. The van der Waals surface area contributed by atoms with E-state index in [1.807, 2.05) is 18.2 Å². The van der Waals surface area contributed by atoms with Gasteiger partial charge in [-0.2, -0.15) is 0 Å². The van der Waals surface area contributed by atoms with Gasteiger partial charge in [0.05, 0.1) is 23.6 Å². The van der Waals surface area contributed by atoms with E-state index in [1.54, 1.807) is 13.2 Å². The van der Waals surface area contributed by atoms with Crippen LogP contribution >= 0.6 is 15.9 Å². The molecule has 25 heavy (non-hydrogen) atoms. The van der Waals surface area contributed by atoms with Crippen LogP contribution in [0.25, 0.3) is 10.9 Å². The van der Waals surface area contributed by atoms with E-state index >= 15 is 0 Å². The topological polar surface area (TPSA) is 109 Å². The maximum atomic E-state index is 11.2. The SMILES string of the molecule is COc1ccc2cc(Br)c(O[C@@H]3C[C@@H](C(=O)O)N(C(=O)O)C3)nc2c1. The van der Waals surface area contributed by atoms with Crippen molar-refractivity contribution < 1.29 is 29.3 Å². The van der Waals surface area contributed by atoms with E-state index in [0.717, 1.165) is 10.3 Å². The first kappa shape index (κ1) is 17.3. The van der Waals surface area contributed by atoms with Gasteiger partial charge in [-0.25, -0.2) is 14.6 Å². The standard InChI is InChI=1S/C16H15BrN2O6/c1-24-9-3-2-8-4-11(17)14(18-12(8)5-9)25-10-6-13(15(20)21)19(7-10)16(22)23/h2-5,10,13H,6-7H2,1H3,(H,20,21)(H,22,23)/t10-,13+/m1/s1. The number of rotatable bonds is 4. The molecule has 0 radical (unpaired) electrons. The molecule has 1 amide bonds. The molecule has 0 spiro atoms. The van der Waals surface area contributed by atoms with Gasteiger partial charge in [-0.1, -0.05) is 0 Å². The molecule has 9 heteroatoms. The number of carbonyl (C=O) groups is 2. The molecular weight excluding hydrogens is 396 g/mol. The molecule has 1 saturated heterocycles. The van der Waals surface area contributed by atoms with Crippen molar-refractivity contribution in [3.8, 4) is 11.6 Å². The van der Waals surface area contributed by atoms with Gasteiger partial charge >= 0.3 is 12.1 Å². The van der Waals surface area contributed by atoms with Gasteiger partial charge in [0.25, 0.3) is 0 Å². The van der Waals surface area contributed by atoms with E-state index in [2.05, 4.69) is 20.9 Å². The zero-order chi connectivity index (χ0) is 18.1. The van der Waals surface area contributed by atoms with Crippen molar-refractivity contribution in [3.63, 3.8) is 0 Å². The van der Waals surface area contributed by atoms with Gasteiger partial charge in [-0.3, -0.25) is 4.90 Å². The Labute approximate surface area is 151 Å². The Morgan fingerprint density at radius 1 is 1.32 bits per heavy atom. The molecule has 2 N–H and O–H groups in total. The minimum absolute atomic E-state index is 0.0312. The van der Waals surface area contributed by atoms with Crippen LogP contribution in [0, 0.1) is 0 Å². The first-order chi connectivity index (χ1) is 11.9. The van der Waals surface area contributed by atoms with Gasteiger partial charge in [0.1, 0.15) is 17.9 Å². The first-order valence-electron chi connectivity index (χ1n) is 7.42. The highest BCUT2D eigenvalue weighted by Gasteiger charge is 2.41. The highest BCUT2D eigenvalue weighted by Crippen LogP contribution is 2.31. The fourth-order valence-electron chi connectivity index (χ4n) is 2.80. The zero-order valence-corrected chi connectivity index (χ0v) is 14.8. The Balaban J connectivity index is 1.86. The molecular formula is C16H15BrN2O6. The van der Waals surface area contributed by atoms with Crippen LogP contribution in [0.1, 0.15) is 6.42 Å². The quantitative estimate of drug-likeness (QED) is 0.796. The van der Waals surface area contributed by atoms with Crippen molar-refractivity contribution >= 4 is 38.9 Å². The Bertz CT molecular complexity index is 821. The average Bonchev–Trinajstić information content (AvgIpc) is 2.99. The number of hydrogen-bond donors (Lipinski definition) is 2. The number of carboxylic acids is 1. The molecule has 0 aliphatic carbocycles. The van der Waals surface area contributed by atoms with Crippen LogP contribution in [-0.4, -0.2) is 58.0 Å². The Morgan fingerprint density at radius 3 is 2.68 bits per heavy atom. The number of pyridine rings is 1. The minimum atomic E-state index is -1.28. The summed E-state index contributed by atoms with van der Waals surface area (Å²) in [5.41, 5.74) is 0.653. The number of aromatic nitrogens is 1. The van der Waals surface area contributed by atoms with Crippen molar-refractivity contribution in [3.05, 3.63) is 28.7 Å². The van der Waals surface area contributed by atoms with Crippen molar-refractivity contribution in [1.29, 1.82) is 0 Å². The number of hydrogen-bond acceptors (Lipinski definition) is 5. The number of nitrogens with zero attached hydrogens (tertiary/aromatic N) is 2. The normalized spacial score (nSPS) is 19.8. The van der Waals surface area contributed by atoms with E-state index in [9.17, 15) is 14.7 Å². The summed E-state index contributed by atoms with van der Waals surface area (Å²) in [5.74, 6) is -0.261. The number of fused-ring (bicyclic) bond motifs is 1. The number of aliphatic carboxylic acids is 1. The van der Waals surface area contributed by atoms with Gasteiger partial charge in [0.15, 0.2) is 0 Å². The maximum absolute atomic E-state index is 11.2. The molecule has 132 valence electrons. The number of likely N-dealkylation sites (tertiary alicyclic amines) is 1. The fourth-order valence-corrected chi connectivity index (χ4v) is 3.23. The van der Waals surface area contributed by atoms with Gasteiger partial charge in [0, 0.05) is 17.9 Å². The summed E-state index contributed by atoms with van der Waals surface area (Å²) < 4.78 is 11.6. The number of carboxylic acid groups (broad SMARTS) is 2. The third kappa shape index (κ3) is 3.46. The Kier molecular flexibility index (Phi) is 4.67. The van der Waals surface area contributed by atoms with E-state index < -0.39 is 24.2 Å². The molecule has 8 nitrogen and oxygen atoms in total. The van der Waals surface area contributed by atoms with Crippen LogP contribution in [0.15, 0.2) is 28.7 Å². The van der Waals surface area contributed by atoms with Crippen molar-refractivity contribution in [1.82, 2.24) is 9.88 Å². The molecule has 1 aromatic heterocycles. The Hall–Kier alpha value is -2.55. The average molecular weight is 411 g/mol. The molecule has 0 bridgehead atoms. The van der Waals surface area contributed by atoms with E-state index in [4.69, 9.17) is 14.6 Å². The number of ether oxygens (including phenoxy) is 2. The van der Waals surface area contributed by atoms with Crippen LogP contribution in [-0.2, 0) is 4.79 Å². The maximum Gasteiger partial charge on any atom is 0.408 e. The summed E-state index contributed by atoms with van der Waals surface area (Å²) in [6.45, 7) is -0.0312. The van der Waals surface area contributed by atoms with E-state index in [-0.39, 0.29) is 18.8 Å². The van der Waals surface area contributed by atoms with Crippen LogP contribution < -0.4 is 9.47 Å². The lowest BCUT2D eigenvalue weighted by molar-refractivity contribution is -0.141. The van der Waals surface area contributed by atoms with E-state index in [0.29, 0.717) is 15.7 Å². The molecule has 3 rings (SSSR count). The third-order valence-electron chi connectivity index (χ3n) is 4.02. The summed E-state index contributed by atoms with van der Waals surface area (Å²) in [5, 5.41) is 19.2. The second kappa shape index (κ2) is 6.75. The lowest BCUT2D eigenvalue weighted by Gasteiger charge is -2.16. The predicted molar refractivity (Wildman–Crippen MR) is 91.2 cm³/mol. The Morgan fingerprint density at radius 2 is 2.08 bits per heavy atom. The lowest BCUT2D eigenvalue weighted by Crippen LogP contribution is -2.39. The minimum Gasteiger partial charge on any atom is -0.497 e. The summed E-state index contributed by atoms with van der Waals surface area (Å²) >= 11 is 3.38. The highest BCUT2D eigenvalue weighted by molar-refractivity contribution is 9.10. The second-order valence-electron chi connectivity index (χ2n) is 5.60. The monoisotopic (exact) mass is 410 g/mol. The number of methoxy groups -OCH3 is 1. The smallest absolute Gasteiger partial charge is 0.408 e. The van der Waals surface area contributed by atoms with Crippen LogP contribution in [0.5, 0.6) is 11.6 Å². The predicted octanol–water partition coefficient (Wildman–Crippen LogP) is 2.59. The fraction of sp³-hybridized carbons (Fsp3) is 0.312. The van der Waals surface area contributed by atoms with Crippen LogP contribution in [0.4, 0.5) is 4.79 Å². The summed E-state index contributed by atoms with van der Waals surface area (Å²) in [6, 6.07) is 6.14. The molecule has 2 aromatic rings. The number of benzene rings is 1. The van der Waals surface area contributed by atoms with Gasteiger partial charge in [-0.05, 0) is 34.1 Å². The van der Waals surface area contributed by atoms with Gasteiger partial charge < -0.3 is 19.7 Å². The van der Waals surface area contributed by atoms with Crippen LogP contribution in [0.3, 0.4) is 0 Å². The largest absolute Gasteiger partial charge is 0.497 e. The number of amides is 1. The molecule has 2 atom stereocenters. The van der Waals surface area contributed by atoms with Gasteiger partial charge in [0.2, 0.25) is 5.88 Å². The summed E-state index contributed by atoms with van der Waals surface area (Å²) in [6.07, 6.45) is -1.82. The van der Waals surface area contributed by atoms with E-state index in [1.165, 1.54) is 0 Å². The summed E-state index contributed by atoms with van der Waals surface area (Å²) in [7, 11) is 1.56. The molecule has 1 aliphatic heterocycles. The second-order valence-corrected chi connectivity index (χ2v) is 6.45. The lowest BCUT2D eigenvalue weighted by atomic mass is 10.2. The molecule has 1 fully saturated rings. The first-order valence-corrected chi connectivity index (χ1v) is 8.21. The molecule has 0 unspecified atom stereocenters. The molecule has 1 aliphatic rings. The summed E-state index contributed by atoms with van der Waals surface area (Å²) in [4.78, 5) is 27.7. The number of halogens is 1. The zero-order valence-electron chi connectivity index (χ0n) is 13.2. The van der Waals surface area contributed by atoms with Crippen molar-refractivity contribution in [2.45, 2.75) is 18.6 Å². The molecule has 1 aromatic carbocycles. The molecule has 0 saturated carbocycles. The van der Waals surface area contributed by atoms with Crippen LogP contribution in [0.2, 0.25) is 0 Å². The van der Waals surface area contributed by atoms with Crippen molar-refractivity contribution in [2.75, 3.05) is 13.7 Å². The third-order valence-corrected chi connectivity index (χ3v) is 4.59. The van der Waals surface area contributed by atoms with Crippen molar-refractivity contribution in [2.24, 2.45) is 0 Å². The molecule has 2 heterocycles.